The maximum atomic E-state index is 12.6. The van der Waals surface area contributed by atoms with Crippen LogP contribution in [0.3, 0.4) is 0 Å². The van der Waals surface area contributed by atoms with Crippen molar-refractivity contribution in [2.24, 2.45) is 5.14 Å². The summed E-state index contributed by atoms with van der Waals surface area (Å²) in [5.74, 6) is 1.47. The van der Waals surface area contributed by atoms with Crippen molar-refractivity contribution in [1.82, 2.24) is 14.8 Å². The summed E-state index contributed by atoms with van der Waals surface area (Å²) in [6.45, 7) is 1.86. The number of nitrogens with zero attached hydrogens (tertiary/aromatic N) is 3. The van der Waals surface area contributed by atoms with Gasteiger partial charge in [-0.1, -0.05) is 0 Å². The van der Waals surface area contributed by atoms with Crippen molar-refractivity contribution in [3.63, 3.8) is 0 Å². The first-order chi connectivity index (χ1) is 15.2. The van der Waals surface area contributed by atoms with Crippen molar-refractivity contribution < 1.29 is 17.6 Å². The van der Waals surface area contributed by atoms with E-state index in [-0.39, 0.29) is 16.8 Å². The number of nitrogen functional groups attached to an aromatic ring is 1. The zero-order valence-corrected chi connectivity index (χ0v) is 17.6. The summed E-state index contributed by atoms with van der Waals surface area (Å²) in [5, 5.41) is 14.6. The number of anilines is 4. The number of primary sulfonamides is 1. The van der Waals surface area contributed by atoms with Crippen molar-refractivity contribution >= 4 is 39.3 Å². The van der Waals surface area contributed by atoms with Crippen LogP contribution in [0.4, 0.5) is 28.1 Å². The van der Waals surface area contributed by atoms with Gasteiger partial charge in [0.2, 0.25) is 21.9 Å². The third kappa shape index (κ3) is 4.61. The zero-order valence-electron chi connectivity index (χ0n) is 16.8. The average Bonchev–Trinajstić information content (AvgIpc) is 3.34. The van der Waals surface area contributed by atoms with E-state index in [0.717, 1.165) is 21.8 Å². The Hall–Kier alpha value is -4.16. The van der Waals surface area contributed by atoms with Crippen LogP contribution in [0.15, 0.2) is 70.0 Å². The number of amides is 1. The van der Waals surface area contributed by atoms with Crippen LogP contribution >= 0.6 is 0 Å². The Morgan fingerprint density at radius 2 is 1.66 bits per heavy atom. The molecule has 2 aromatic heterocycles. The Morgan fingerprint density at radius 3 is 2.25 bits per heavy atom. The minimum absolute atomic E-state index is 0.0337. The Bertz CT molecular complexity index is 1370. The summed E-state index contributed by atoms with van der Waals surface area (Å²) in [5.41, 5.74) is 7.70. The second-order valence-corrected chi connectivity index (χ2v) is 8.38. The molecule has 0 saturated heterocycles. The molecule has 4 rings (SSSR count). The molecule has 0 unspecified atom stereocenters. The SMILES string of the molecule is Cc1ccc(-c2ccc(NC(=O)n3nc(Nc4ccc(S(N)(=O)=O)cc4)nc3N)cc2)o1. The van der Waals surface area contributed by atoms with E-state index in [1.807, 2.05) is 31.2 Å². The van der Waals surface area contributed by atoms with Gasteiger partial charge in [0.05, 0.1) is 4.90 Å². The van der Waals surface area contributed by atoms with Crippen LogP contribution in [0.1, 0.15) is 5.76 Å². The van der Waals surface area contributed by atoms with Crippen molar-refractivity contribution in [3.8, 4) is 11.3 Å². The Labute approximate surface area is 183 Å². The number of carbonyl (C=O) groups excluding carboxylic acids is 1. The Kier molecular flexibility index (Phi) is 5.38. The highest BCUT2D eigenvalue weighted by molar-refractivity contribution is 7.89. The zero-order chi connectivity index (χ0) is 22.9. The van der Waals surface area contributed by atoms with Crippen molar-refractivity contribution in [3.05, 3.63) is 66.4 Å². The number of aryl methyl sites for hydroxylation is 1. The fraction of sp³-hybridized carbons (Fsp3) is 0.0500. The highest BCUT2D eigenvalue weighted by Crippen LogP contribution is 2.24. The molecule has 0 spiro atoms. The number of benzene rings is 2. The van der Waals surface area contributed by atoms with Crippen LogP contribution in [0.5, 0.6) is 0 Å². The molecule has 0 saturated carbocycles. The number of furan rings is 1. The molecule has 4 aromatic rings. The largest absolute Gasteiger partial charge is 0.461 e. The normalized spacial score (nSPS) is 11.3. The predicted molar refractivity (Wildman–Crippen MR) is 119 cm³/mol. The molecule has 0 radical (unpaired) electrons. The van der Waals surface area contributed by atoms with Crippen molar-refractivity contribution in [2.75, 3.05) is 16.4 Å². The van der Waals surface area contributed by atoms with E-state index in [9.17, 15) is 13.2 Å². The third-order valence-corrected chi connectivity index (χ3v) is 5.35. The van der Waals surface area contributed by atoms with Crippen LogP contribution in [0, 0.1) is 6.92 Å². The monoisotopic (exact) mass is 453 g/mol. The quantitative estimate of drug-likeness (QED) is 0.357. The van der Waals surface area contributed by atoms with Crippen LogP contribution < -0.4 is 21.5 Å². The molecule has 0 bridgehead atoms. The highest BCUT2D eigenvalue weighted by atomic mass is 32.2. The molecule has 6 N–H and O–H groups in total. The van der Waals surface area contributed by atoms with E-state index >= 15 is 0 Å². The number of carbonyl (C=O) groups is 1. The van der Waals surface area contributed by atoms with Gasteiger partial charge in [-0.05, 0) is 67.6 Å². The molecule has 2 aromatic carbocycles. The van der Waals surface area contributed by atoms with Gasteiger partial charge < -0.3 is 20.8 Å². The van der Waals surface area contributed by atoms with Crippen LogP contribution in [0.2, 0.25) is 0 Å². The lowest BCUT2D eigenvalue weighted by Crippen LogP contribution is -2.22. The van der Waals surface area contributed by atoms with Gasteiger partial charge in [0.15, 0.2) is 0 Å². The molecular weight excluding hydrogens is 434 g/mol. The van der Waals surface area contributed by atoms with E-state index in [1.54, 1.807) is 12.1 Å². The lowest BCUT2D eigenvalue weighted by Gasteiger charge is -2.06. The fourth-order valence-electron chi connectivity index (χ4n) is 2.87. The van der Waals surface area contributed by atoms with Gasteiger partial charge in [-0.2, -0.15) is 4.98 Å². The number of aromatic nitrogens is 3. The molecule has 0 atom stereocenters. The number of hydrogen-bond donors (Lipinski definition) is 4. The first-order valence-electron chi connectivity index (χ1n) is 9.30. The lowest BCUT2D eigenvalue weighted by atomic mass is 10.1. The van der Waals surface area contributed by atoms with E-state index in [0.29, 0.717) is 11.4 Å². The number of rotatable bonds is 5. The highest BCUT2D eigenvalue weighted by Gasteiger charge is 2.15. The van der Waals surface area contributed by atoms with Gasteiger partial charge in [0, 0.05) is 16.9 Å². The van der Waals surface area contributed by atoms with Gasteiger partial charge in [0.1, 0.15) is 11.5 Å². The summed E-state index contributed by atoms with van der Waals surface area (Å²) in [6, 6.07) is 15.9. The number of nitrogens with two attached hydrogens (primary N) is 2. The summed E-state index contributed by atoms with van der Waals surface area (Å²) < 4.78 is 29.2. The summed E-state index contributed by atoms with van der Waals surface area (Å²) >= 11 is 0. The van der Waals surface area contributed by atoms with E-state index in [1.165, 1.54) is 24.3 Å². The van der Waals surface area contributed by atoms with E-state index in [2.05, 4.69) is 20.7 Å². The molecule has 12 heteroatoms. The molecule has 2 heterocycles. The molecule has 0 fully saturated rings. The molecule has 11 nitrogen and oxygen atoms in total. The van der Waals surface area contributed by atoms with E-state index in [4.69, 9.17) is 15.3 Å². The third-order valence-electron chi connectivity index (χ3n) is 4.42. The minimum Gasteiger partial charge on any atom is -0.461 e. The molecule has 1 amide bonds. The maximum absolute atomic E-state index is 12.6. The summed E-state index contributed by atoms with van der Waals surface area (Å²) in [7, 11) is -3.79. The number of nitrogens with one attached hydrogen (secondary N) is 2. The minimum atomic E-state index is -3.79. The van der Waals surface area contributed by atoms with E-state index < -0.39 is 16.1 Å². The van der Waals surface area contributed by atoms with Gasteiger partial charge in [0.25, 0.3) is 0 Å². The van der Waals surface area contributed by atoms with Gasteiger partial charge in [-0.3, -0.25) is 0 Å². The molecular formula is C20H19N7O4S. The molecule has 0 aliphatic rings. The second-order valence-electron chi connectivity index (χ2n) is 6.82. The van der Waals surface area contributed by atoms with Crippen LogP contribution in [-0.4, -0.2) is 29.2 Å². The maximum Gasteiger partial charge on any atom is 0.349 e. The molecule has 32 heavy (non-hydrogen) atoms. The number of sulfonamides is 1. The second kappa shape index (κ2) is 8.17. The van der Waals surface area contributed by atoms with Crippen molar-refractivity contribution in [1.29, 1.82) is 0 Å². The van der Waals surface area contributed by atoms with Gasteiger partial charge >= 0.3 is 6.03 Å². The predicted octanol–water partition coefficient (Wildman–Crippen LogP) is 2.90. The lowest BCUT2D eigenvalue weighted by molar-refractivity contribution is 0.251. The van der Waals surface area contributed by atoms with Crippen molar-refractivity contribution in [2.45, 2.75) is 11.8 Å². The number of hydrogen-bond acceptors (Lipinski definition) is 8. The average molecular weight is 453 g/mol. The first kappa shape index (κ1) is 21.1. The first-order valence-corrected chi connectivity index (χ1v) is 10.8. The topological polar surface area (TPSA) is 171 Å². The summed E-state index contributed by atoms with van der Waals surface area (Å²) in [6.07, 6.45) is 0. The fourth-order valence-corrected chi connectivity index (χ4v) is 3.38. The molecule has 0 aliphatic heterocycles. The Balaban J connectivity index is 1.44. The Morgan fingerprint density at radius 1 is 1.00 bits per heavy atom. The smallest absolute Gasteiger partial charge is 0.349 e. The summed E-state index contributed by atoms with van der Waals surface area (Å²) in [4.78, 5) is 16.5. The molecule has 164 valence electrons. The molecule has 0 aliphatic carbocycles. The standard InChI is InChI=1S/C20H19N7O4S/c1-12-2-11-17(31-12)13-3-5-15(6-4-13)24-20(28)27-18(21)25-19(26-27)23-14-7-9-16(10-8-14)32(22,29)30/h2-11H,1H3,(H,24,28)(H2,22,29,30)(H3,21,23,25,26). The van der Waals surface area contributed by atoms with Gasteiger partial charge in [-0.15, -0.1) is 9.78 Å². The van der Waals surface area contributed by atoms with Crippen LogP contribution in [-0.2, 0) is 10.0 Å². The van der Waals surface area contributed by atoms with Gasteiger partial charge in [-0.25, -0.2) is 18.4 Å². The van der Waals surface area contributed by atoms with Crippen LogP contribution in [0.25, 0.3) is 11.3 Å².